The number of benzene rings is 2. The van der Waals surface area contributed by atoms with Gasteiger partial charge in [-0.15, -0.1) is 0 Å². The highest BCUT2D eigenvalue weighted by Gasteiger charge is 2.41. The van der Waals surface area contributed by atoms with Crippen molar-refractivity contribution in [2.45, 2.75) is 50.0 Å². The van der Waals surface area contributed by atoms with E-state index in [1.165, 1.54) is 24.3 Å². The molecule has 0 aliphatic heterocycles. The number of rotatable bonds is 8. The summed E-state index contributed by atoms with van der Waals surface area (Å²) in [4.78, 5) is 12.8. The molecule has 2 aliphatic carbocycles. The second kappa shape index (κ2) is 11.0. The van der Waals surface area contributed by atoms with Gasteiger partial charge in [0.1, 0.15) is 15.2 Å². The number of amides is 2. The molecule has 9 nitrogen and oxygen atoms in total. The monoisotopic (exact) mass is 584 g/mol. The average molecular weight is 585 g/mol. The minimum atomic E-state index is -4.11. The molecule has 2 amide bonds. The van der Waals surface area contributed by atoms with Crippen LogP contribution in [-0.4, -0.2) is 32.4 Å². The van der Waals surface area contributed by atoms with Crippen molar-refractivity contribution in [3.8, 4) is 11.5 Å². The van der Waals surface area contributed by atoms with Crippen LogP contribution in [0.4, 0.5) is 16.2 Å². The molecular formula is C29H32N2O7S2. The van der Waals surface area contributed by atoms with E-state index < -0.39 is 35.8 Å². The molecule has 0 saturated carbocycles. The highest BCUT2D eigenvalue weighted by atomic mass is 32.2. The van der Waals surface area contributed by atoms with E-state index in [0.29, 0.717) is 6.42 Å². The Hall–Kier alpha value is -3.83. The van der Waals surface area contributed by atoms with Gasteiger partial charge in [0, 0.05) is 11.8 Å². The van der Waals surface area contributed by atoms with Crippen LogP contribution in [0.3, 0.4) is 0 Å². The van der Waals surface area contributed by atoms with Gasteiger partial charge >= 0.3 is 26.3 Å². The zero-order chi connectivity index (χ0) is 29.2. The third-order valence-electron chi connectivity index (χ3n) is 6.69. The fourth-order valence-corrected chi connectivity index (χ4v) is 6.93. The summed E-state index contributed by atoms with van der Waals surface area (Å²) in [6.45, 7) is 6.87. The highest BCUT2D eigenvalue weighted by molar-refractivity contribution is 7.89. The van der Waals surface area contributed by atoms with Crippen molar-refractivity contribution in [2.75, 3.05) is 10.6 Å². The normalized spacial score (nSPS) is 22.6. The Labute approximate surface area is 235 Å². The van der Waals surface area contributed by atoms with Crippen LogP contribution in [0.2, 0.25) is 0 Å². The smallest absolute Gasteiger partial charge is 0.323 e. The first-order valence-corrected chi connectivity index (χ1v) is 15.4. The standard InChI is InChI=1S/C29H32N2O7S2/c1-21-10-8-16-28(3,19-21)39(33,34)37-24-13-7-12-23(18-24)30-27(32)31-25-14-5-6-15-26(25)38-40(35,36)29(4)17-9-11-22(2)20-29/h5-18H,19-20H2,1-4H3,(H2,30,31,32). The fraction of sp³-hybridized carbons (Fsp3) is 0.276. The minimum Gasteiger partial charge on any atom is -0.382 e. The number of hydrogen-bond donors (Lipinski definition) is 2. The van der Waals surface area contributed by atoms with Gasteiger partial charge in [-0.25, -0.2) is 4.79 Å². The molecule has 0 fully saturated rings. The van der Waals surface area contributed by atoms with Crippen molar-refractivity contribution in [3.63, 3.8) is 0 Å². The summed E-state index contributed by atoms with van der Waals surface area (Å²) < 4.78 is 60.8. The van der Waals surface area contributed by atoms with Crippen molar-refractivity contribution in [1.82, 2.24) is 0 Å². The van der Waals surface area contributed by atoms with E-state index in [1.807, 2.05) is 26.0 Å². The van der Waals surface area contributed by atoms with Crippen molar-refractivity contribution in [2.24, 2.45) is 0 Å². The zero-order valence-corrected chi connectivity index (χ0v) is 24.3. The lowest BCUT2D eigenvalue weighted by Gasteiger charge is -2.28. The summed E-state index contributed by atoms with van der Waals surface area (Å²) >= 11 is 0. The minimum absolute atomic E-state index is 0.0348. The lowest BCUT2D eigenvalue weighted by Crippen LogP contribution is -2.38. The van der Waals surface area contributed by atoms with Crippen molar-refractivity contribution < 1.29 is 30.0 Å². The van der Waals surface area contributed by atoms with E-state index in [2.05, 4.69) is 10.6 Å². The Balaban J connectivity index is 1.46. The maximum atomic E-state index is 13.2. The quantitative estimate of drug-likeness (QED) is 0.360. The second-order valence-electron chi connectivity index (χ2n) is 10.4. The number of urea groups is 1. The van der Waals surface area contributed by atoms with Crippen LogP contribution in [0.5, 0.6) is 11.5 Å². The van der Waals surface area contributed by atoms with Crippen LogP contribution in [0.15, 0.2) is 96.1 Å². The number of allylic oxidation sites excluding steroid dienone is 6. The predicted octanol–water partition coefficient (Wildman–Crippen LogP) is 6.08. The maximum absolute atomic E-state index is 13.2. The molecule has 0 bridgehead atoms. The number of carbonyl (C=O) groups excluding carboxylic acids is 1. The van der Waals surface area contributed by atoms with Crippen molar-refractivity contribution in [1.29, 1.82) is 0 Å². The van der Waals surface area contributed by atoms with Gasteiger partial charge in [-0.1, -0.05) is 65.8 Å². The Morgan fingerprint density at radius 3 is 1.95 bits per heavy atom. The van der Waals surface area contributed by atoms with Crippen LogP contribution in [-0.2, 0) is 20.2 Å². The molecule has 0 heterocycles. The summed E-state index contributed by atoms with van der Waals surface area (Å²) in [5.41, 5.74) is 2.21. The van der Waals surface area contributed by atoms with Crippen LogP contribution in [0, 0.1) is 0 Å². The maximum Gasteiger partial charge on any atom is 0.323 e. The molecular weight excluding hydrogens is 552 g/mol. The number of nitrogens with one attached hydrogen (secondary N) is 2. The third-order valence-corrected chi connectivity index (χ3v) is 10.3. The summed E-state index contributed by atoms with van der Waals surface area (Å²) in [6, 6.07) is 11.5. The lowest BCUT2D eigenvalue weighted by molar-refractivity contribution is 0.262. The molecule has 2 aromatic rings. The largest absolute Gasteiger partial charge is 0.382 e. The summed E-state index contributed by atoms with van der Waals surface area (Å²) in [5.74, 6) is -0.00614. The Bertz CT molecular complexity index is 1660. The predicted molar refractivity (Wildman–Crippen MR) is 156 cm³/mol. The third kappa shape index (κ3) is 6.31. The molecule has 0 aromatic heterocycles. The number of carbonyl (C=O) groups is 1. The van der Waals surface area contributed by atoms with Crippen molar-refractivity contribution in [3.05, 3.63) is 96.1 Å². The molecule has 2 atom stereocenters. The second-order valence-corrected chi connectivity index (χ2v) is 14.4. The molecule has 4 rings (SSSR count). The van der Waals surface area contributed by atoms with Gasteiger partial charge < -0.3 is 19.0 Å². The molecule has 212 valence electrons. The molecule has 0 radical (unpaired) electrons. The van der Waals surface area contributed by atoms with Gasteiger partial charge in [-0.3, -0.25) is 0 Å². The molecule has 2 aromatic carbocycles. The first-order chi connectivity index (χ1) is 18.7. The topological polar surface area (TPSA) is 128 Å². The van der Waals surface area contributed by atoms with E-state index >= 15 is 0 Å². The zero-order valence-electron chi connectivity index (χ0n) is 22.7. The highest BCUT2D eigenvalue weighted by Crippen LogP contribution is 2.36. The first kappa shape index (κ1) is 29.2. The SMILES string of the molecule is CC1=CC=CC(C)(S(=O)(=O)Oc2cccc(NC(=O)Nc3ccccc3OS(=O)(=O)C3(C)C=CC=C(C)C3)c2)C1. The molecule has 2 unspecified atom stereocenters. The summed E-state index contributed by atoms with van der Waals surface area (Å²) in [5, 5.41) is 5.20. The van der Waals surface area contributed by atoms with E-state index in [-0.39, 0.29) is 29.3 Å². The van der Waals surface area contributed by atoms with Gasteiger partial charge in [-0.05, 0) is 64.8 Å². The van der Waals surface area contributed by atoms with Gasteiger partial charge in [0.15, 0.2) is 5.75 Å². The van der Waals surface area contributed by atoms with Crippen LogP contribution in [0.1, 0.15) is 40.5 Å². The van der Waals surface area contributed by atoms with Crippen molar-refractivity contribution >= 4 is 37.6 Å². The molecule has 11 heteroatoms. The van der Waals surface area contributed by atoms with E-state index in [1.54, 1.807) is 62.4 Å². The lowest BCUT2D eigenvalue weighted by atomic mass is 9.96. The first-order valence-electron chi connectivity index (χ1n) is 12.6. The van der Waals surface area contributed by atoms with Crippen LogP contribution >= 0.6 is 0 Å². The molecule has 0 saturated heterocycles. The average Bonchev–Trinajstić information content (AvgIpc) is 2.84. The number of anilines is 2. The summed E-state index contributed by atoms with van der Waals surface area (Å²) in [7, 11) is -8.15. The Kier molecular flexibility index (Phi) is 8.00. The van der Waals surface area contributed by atoms with Crippen LogP contribution in [0.25, 0.3) is 0 Å². The molecule has 2 N–H and O–H groups in total. The van der Waals surface area contributed by atoms with E-state index in [4.69, 9.17) is 8.37 Å². The van der Waals surface area contributed by atoms with Crippen LogP contribution < -0.4 is 19.0 Å². The van der Waals surface area contributed by atoms with Gasteiger partial charge in [-0.2, -0.15) is 16.8 Å². The van der Waals surface area contributed by atoms with Gasteiger partial charge in [0.25, 0.3) is 0 Å². The molecule has 40 heavy (non-hydrogen) atoms. The Morgan fingerprint density at radius 1 is 0.775 bits per heavy atom. The Morgan fingerprint density at radius 2 is 1.35 bits per heavy atom. The van der Waals surface area contributed by atoms with E-state index in [0.717, 1.165) is 11.1 Å². The number of para-hydroxylation sites is 2. The van der Waals surface area contributed by atoms with Gasteiger partial charge in [0.2, 0.25) is 0 Å². The number of hydrogen-bond acceptors (Lipinski definition) is 7. The fourth-order valence-electron chi connectivity index (χ4n) is 4.51. The molecule has 0 spiro atoms. The van der Waals surface area contributed by atoms with Gasteiger partial charge in [0.05, 0.1) is 5.69 Å². The summed E-state index contributed by atoms with van der Waals surface area (Å²) in [6.07, 6.45) is 10.8. The molecule has 2 aliphatic rings. The van der Waals surface area contributed by atoms with E-state index in [9.17, 15) is 21.6 Å².